The lowest BCUT2D eigenvalue weighted by Crippen LogP contribution is -2.41. The molecule has 1 aromatic rings. The van der Waals surface area contributed by atoms with Crippen LogP contribution in [-0.4, -0.2) is 17.4 Å². The van der Waals surface area contributed by atoms with Crippen molar-refractivity contribution in [1.82, 2.24) is 10.3 Å². The maximum atomic E-state index is 11.8. The number of hydrogen-bond acceptors (Lipinski definition) is 2. The molecule has 1 aliphatic carbocycles. The third-order valence-corrected chi connectivity index (χ3v) is 3.84. The molecule has 2 rings (SSSR count). The van der Waals surface area contributed by atoms with Crippen molar-refractivity contribution in [2.24, 2.45) is 5.41 Å². The lowest BCUT2D eigenvalue weighted by atomic mass is 9.67. The van der Waals surface area contributed by atoms with Gasteiger partial charge in [-0.05, 0) is 30.7 Å². The lowest BCUT2D eigenvalue weighted by Gasteiger charge is -2.41. The Morgan fingerprint density at radius 2 is 2.41 bits per heavy atom. The molecule has 1 aliphatic rings. The molecule has 0 radical (unpaired) electrons. The smallest absolute Gasteiger partial charge is 0.267 e. The van der Waals surface area contributed by atoms with E-state index in [4.69, 9.17) is 5.26 Å². The van der Waals surface area contributed by atoms with Gasteiger partial charge >= 0.3 is 0 Å². The van der Waals surface area contributed by atoms with Crippen LogP contribution in [0.5, 0.6) is 0 Å². The van der Waals surface area contributed by atoms with Gasteiger partial charge < -0.3 is 10.3 Å². The summed E-state index contributed by atoms with van der Waals surface area (Å²) in [5.41, 5.74) is 1.27. The molecular formula is C13H17N3O. The van der Waals surface area contributed by atoms with Crippen molar-refractivity contribution in [3.05, 3.63) is 23.5 Å². The summed E-state index contributed by atoms with van der Waals surface area (Å²) in [4.78, 5) is 14.6. The molecule has 2 N–H and O–H groups in total. The van der Waals surface area contributed by atoms with E-state index in [2.05, 4.69) is 17.2 Å². The van der Waals surface area contributed by atoms with Crippen LogP contribution >= 0.6 is 0 Å². The molecule has 1 aromatic heterocycles. The molecule has 0 unspecified atom stereocenters. The van der Waals surface area contributed by atoms with Crippen LogP contribution in [0.3, 0.4) is 0 Å². The summed E-state index contributed by atoms with van der Waals surface area (Å²) in [6.45, 7) is 2.91. The topological polar surface area (TPSA) is 68.7 Å². The Hall–Kier alpha value is -1.76. The molecule has 0 saturated heterocycles. The average molecular weight is 231 g/mol. The molecule has 0 bridgehead atoms. The molecule has 1 heterocycles. The number of H-pyrrole nitrogens is 1. The van der Waals surface area contributed by atoms with Crippen LogP contribution in [0, 0.1) is 16.7 Å². The minimum absolute atomic E-state index is 0.119. The van der Waals surface area contributed by atoms with Gasteiger partial charge in [0, 0.05) is 12.7 Å². The fraction of sp³-hybridized carbons (Fsp3) is 0.538. The van der Waals surface area contributed by atoms with E-state index in [0.717, 1.165) is 13.0 Å². The molecule has 17 heavy (non-hydrogen) atoms. The predicted octanol–water partition coefficient (Wildman–Crippen LogP) is 2.20. The van der Waals surface area contributed by atoms with Crippen LogP contribution in [0.4, 0.5) is 0 Å². The zero-order chi connectivity index (χ0) is 12.3. The van der Waals surface area contributed by atoms with Crippen LogP contribution in [0.25, 0.3) is 0 Å². The van der Waals surface area contributed by atoms with E-state index in [1.165, 1.54) is 19.3 Å². The van der Waals surface area contributed by atoms with Gasteiger partial charge in [-0.2, -0.15) is 5.26 Å². The van der Waals surface area contributed by atoms with E-state index in [9.17, 15) is 4.79 Å². The predicted molar refractivity (Wildman–Crippen MR) is 64.4 cm³/mol. The second-order valence-electron chi connectivity index (χ2n) is 4.80. The molecule has 4 nitrogen and oxygen atoms in total. The molecule has 1 fully saturated rings. The first-order valence-corrected chi connectivity index (χ1v) is 6.06. The molecule has 0 aromatic carbocycles. The zero-order valence-electron chi connectivity index (χ0n) is 10.0. The van der Waals surface area contributed by atoms with Crippen molar-refractivity contribution in [3.63, 3.8) is 0 Å². The maximum Gasteiger partial charge on any atom is 0.267 e. The summed E-state index contributed by atoms with van der Waals surface area (Å²) in [6, 6.07) is 3.57. The number of nitriles is 1. The Morgan fingerprint density at radius 1 is 1.65 bits per heavy atom. The highest BCUT2D eigenvalue weighted by Crippen LogP contribution is 2.43. The number of carbonyl (C=O) groups is 1. The SMILES string of the molecule is CCC1(CNC(=O)c2cc(C#N)c[nH]2)CCC1. The third kappa shape index (κ3) is 2.33. The molecule has 1 amide bonds. The molecular weight excluding hydrogens is 214 g/mol. The molecule has 4 heteroatoms. The first-order chi connectivity index (χ1) is 8.19. The van der Waals surface area contributed by atoms with Gasteiger partial charge in [0.1, 0.15) is 11.8 Å². The summed E-state index contributed by atoms with van der Waals surface area (Å²) >= 11 is 0. The third-order valence-electron chi connectivity index (χ3n) is 3.84. The number of aromatic nitrogens is 1. The van der Waals surface area contributed by atoms with Crippen LogP contribution in [0.15, 0.2) is 12.3 Å². The minimum Gasteiger partial charge on any atom is -0.356 e. The molecule has 0 aliphatic heterocycles. The summed E-state index contributed by atoms with van der Waals surface area (Å²) in [7, 11) is 0. The normalized spacial score (nSPS) is 16.9. The van der Waals surface area contributed by atoms with E-state index in [0.29, 0.717) is 16.7 Å². The highest BCUT2D eigenvalue weighted by atomic mass is 16.1. The summed E-state index contributed by atoms with van der Waals surface area (Å²) in [5, 5.41) is 11.6. The van der Waals surface area contributed by atoms with Gasteiger partial charge in [0.05, 0.1) is 5.56 Å². The Labute approximate surface area is 101 Å². The average Bonchev–Trinajstić information content (AvgIpc) is 2.76. The van der Waals surface area contributed by atoms with Crippen LogP contribution in [-0.2, 0) is 0 Å². The van der Waals surface area contributed by atoms with Gasteiger partial charge in [-0.1, -0.05) is 13.3 Å². The van der Waals surface area contributed by atoms with E-state index in [1.54, 1.807) is 12.3 Å². The number of carbonyl (C=O) groups excluding carboxylic acids is 1. The van der Waals surface area contributed by atoms with E-state index in [-0.39, 0.29) is 5.91 Å². The van der Waals surface area contributed by atoms with Crippen LogP contribution < -0.4 is 5.32 Å². The number of hydrogen-bond donors (Lipinski definition) is 2. The number of amides is 1. The van der Waals surface area contributed by atoms with E-state index < -0.39 is 0 Å². The zero-order valence-corrected chi connectivity index (χ0v) is 10.0. The quantitative estimate of drug-likeness (QED) is 0.834. The number of nitrogens with one attached hydrogen (secondary N) is 2. The van der Waals surface area contributed by atoms with Crippen LogP contribution in [0.1, 0.15) is 48.7 Å². The van der Waals surface area contributed by atoms with Crippen LogP contribution in [0.2, 0.25) is 0 Å². The largest absolute Gasteiger partial charge is 0.356 e. The van der Waals surface area contributed by atoms with Gasteiger partial charge in [0.15, 0.2) is 0 Å². The summed E-state index contributed by atoms with van der Waals surface area (Å²) in [6.07, 6.45) is 6.34. The number of aromatic amines is 1. The Kier molecular flexibility index (Phi) is 3.19. The van der Waals surface area contributed by atoms with Gasteiger partial charge in [0.25, 0.3) is 5.91 Å². The first kappa shape index (κ1) is 11.7. The van der Waals surface area contributed by atoms with Crippen molar-refractivity contribution < 1.29 is 4.79 Å². The lowest BCUT2D eigenvalue weighted by molar-refractivity contribution is 0.0846. The minimum atomic E-state index is -0.119. The second-order valence-corrected chi connectivity index (χ2v) is 4.80. The highest BCUT2D eigenvalue weighted by Gasteiger charge is 2.35. The Bertz CT molecular complexity index is 446. The molecule has 0 atom stereocenters. The van der Waals surface area contributed by atoms with E-state index >= 15 is 0 Å². The maximum absolute atomic E-state index is 11.8. The standard InChI is InChI=1S/C13H17N3O/c1-2-13(4-3-5-13)9-16-12(17)11-6-10(7-14)8-15-11/h6,8,15H,2-5,9H2,1H3,(H,16,17). The number of nitrogens with zero attached hydrogens (tertiary/aromatic N) is 1. The fourth-order valence-corrected chi connectivity index (χ4v) is 2.29. The molecule has 1 saturated carbocycles. The van der Waals surface area contributed by atoms with Gasteiger partial charge in [-0.3, -0.25) is 4.79 Å². The van der Waals surface area contributed by atoms with Crippen molar-refractivity contribution in [3.8, 4) is 6.07 Å². The van der Waals surface area contributed by atoms with Gasteiger partial charge in [-0.15, -0.1) is 0 Å². The van der Waals surface area contributed by atoms with Gasteiger partial charge in [-0.25, -0.2) is 0 Å². The van der Waals surface area contributed by atoms with Crippen molar-refractivity contribution in [2.45, 2.75) is 32.6 Å². The van der Waals surface area contributed by atoms with E-state index in [1.807, 2.05) is 6.07 Å². The summed E-state index contributed by atoms with van der Waals surface area (Å²) in [5.74, 6) is -0.119. The van der Waals surface area contributed by atoms with Crippen molar-refractivity contribution >= 4 is 5.91 Å². The highest BCUT2D eigenvalue weighted by molar-refractivity contribution is 5.92. The molecule has 90 valence electrons. The molecule has 0 spiro atoms. The van der Waals surface area contributed by atoms with Crippen molar-refractivity contribution in [1.29, 1.82) is 5.26 Å². The number of rotatable bonds is 4. The summed E-state index contributed by atoms with van der Waals surface area (Å²) < 4.78 is 0. The van der Waals surface area contributed by atoms with Gasteiger partial charge in [0.2, 0.25) is 0 Å². The Morgan fingerprint density at radius 3 is 2.88 bits per heavy atom. The Balaban J connectivity index is 1.91. The first-order valence-electron chi connectivity index (χ1n) is 6.06. The second kappa shape index (κ2) is 4.62. The fourth-order valence-electron chi connectivity index (χ4n) is 2.29. The monoisotopic (exact) mass is 231 g/mol. The van der Waals surface area contributed by atoms with Crippen molar-refractivity contribution in [2.75, 3.05) is 6.54 Å².